The van der Waals surface area contributed by atoms with Gasteiger partial charge in [0, 0.05) is 18.4 Å². The molecule has 0 fully saturated rings. The molecule has 0 aliphatic rings. The lowest BCUT2D eigenvalue weighted by Gasteiger charge is -2.08. The molecule has 0 saturated heterocycles. The Hall–Kier alpha value is -4.77. The Bertz CT molecular complexity index is 1340. The number of hydrogen-bond acceptors (Lipinski definition) is 6. The number of ether oxygens (including phenoxy) is 1. The molecule has 2 aromatic heterocycles. The fourth-order valence-electron chi connectivity index (χ4n) is 3.07. The van der Waals surface area contributed by atoms with Crippen LogP contribution in [-0.2, 0) is 6.54 Å². The summed E-state index contributed by atoms with van der Waals surface area (Å²) in [7, 11) is 0. The summed E-state index contributed by atoms with van der Waals surface area (Å²) in [5.41, 5.74) is 3.49. The van der Waals surface area contributed by atoms with Crippen molar-refractivity contribution in [2.45, 2.75) is 13.5 Å². The van der Waals surface area contributed by atoms with Crippen LogP contribution in [0.5, 0.6) is 11.8 Å². The van der Waals surface area contributed by atoms with E-state index in [1.165, 1.54) is 0 Å². The van der Waals surface area contributed by atoms with Gasteiger partial charge in [-0.1, -0.05) is 36.9 Å². The summed E-state index contributed by atoms with van der Waals surface area (Å²) >= 11 is 0. The molecule has 0 atom stereocenters. The number of allylic oxidation sites excluding steroid dienone is 1. The van der Waals surface area contributed by atoms with E-state index in [1.54, 1.807) is 54.2 Å². The van der Waals surface area contributed by atoms with Crippen molar-refractivity contribution in [2.75, 3.05) is 0 Å². The maximum atomic E-state index is 12.7. The van der Waals surface area contributed by atoms with Crippen molar-refractivity contribution in [3.63, 3.8) is 0 Å². The van der Waals surface area contributed by atoms with Crippen molar-refractivity contribution in [1.82, 2.24) is 25.1 Å². The average molecular weight is 436 g/mol. The zero-order valence-corrected chi connectivity index (χ0v) is 17.9. The molecule has 33 heavy (non-hydrogen) atoms. The van der Waals surface area contributed by atoms with Crippen molar-refractivity contribution >= 4 is 11.6 Å². The van der Waals surface area contributed by atoms with Gasteiger partial charge in [0.1, 0.15) is 5.75 Å². The number of benzene rings is 2. The van der Waals surface area contributed by atoms with Crippen molar-refractivity contribution in [2.24, 2.45) is 0 Å². The zero-order valence-electron chi connectivity index (χ0n) is 17.9. The van der Waals surface area contributed by atoms with E-state index in [1.807, 2.05) is 30.3 Å². The molecular formula is C25H20N6O2. The van der Waals surface area contributed by atoms with E-state index >= 15 is 0 Å². The maximum absolute atomic E-state index is 12.7. The fourth-order valence-corrected chi connectivity index (χ4v) is 3.07. The van der Waals surface area contributed by atoms with Crippen LogP contribution in [0.1, 0.15) is 28.5 Å². The Labute approximate surface area is 190 Å². The van der Waals surface area contributed by atoms with E-state index in [2.05, 4.69) is 33.0 Å². The number of carbonyl (C=O) groups is 1. The van der Waals surface area contributed by atoms with Gasteiger partial charge in [0.15, 0.2) is 5.69 Å². The molecule has 1 N–H and O–H groups in total. The lowest BCUT2D eigenvalue weighted by molar-refractivity contribution is 0.0945. The second-order valence-electron chi connectivity index (χ2n) is 7.19. The molecule has 162 valence electrons. The van der Waals surface area contributed by atoms with Gasteiger partial charge in [-0.05, 0) is 48.9 Å². The maximum Gasteiger partial charge on any atom is 0.322 e. The van der Waals surface area contributed by atoms with Crippen molar-refractivity contribution in [3.05, 3.63) is 96.3 Å². The molecule has 8 heteroatoms. The lowest BCUT2D eigenvalue weighted by Crippen LogP contribution is -2.23. The van der Waals surface area contributed by atoms with Gasteiger partial charge in [-0.15, -0.1) is 0 Å². The zero-order chi connectivity index (χ0) is 23.2. The second-order valence-corrected chi connectivity index (χ2v) is 7.19. The summed E-state index contributed by atoms with van der Waals surface area (Å²) in [5, 5.41) is 16.2. The third kappa shape index (κ3) is 5.11. The number of rotatable bonds is 7. The predicted molar refractivity (Wildman–Crippen MR) is 123 cm³/mol. The molecule has 4 aromatic rings. The highest BCUT2D eigenvalue weighted by Crippen LogP contribution is 2.24. The number of carbonyl (C=O) groups excluding carboxylic acids is 1. The van der Waals surface area contributed by atoms with Gasteiger partial charge < -0.3 is 10.1 Å². The highest BCUT2D eigenvalue weighted by atomic mass is 16.5. The molecule has 0 spiro atoms. The molecule has 8 nitrogen and oxygen atoms in total. The minimum atomic E-state index is -0.303. The third-order valence-corrected chi connectivity index (χ3v) is 4.69. The molecule has 0 saturated carbocycles. The topological polar surface area (TPSA) is 106 Å². The molecule has 0 unspecified atom stereocenters. The van der Waals surface area contributed by atoms with E-state index in [9.17, 15) is 4.79 Å². The minimum Gasteiger partial charge on any atom is -0.424 e. The molecule has 0 bridgehead atoms. The van der Waals surface area contributed by atoms with Crippen LogP contribution < -0.4 is 10.1 Å². The Morgan fingerprint density at radius 3 is 2.61 bits per heavy atom. The molecule has 0 aliphatic heterocycles. The van der Waals surface area contributed by atoms with Gasteiger partial charge in [0.2, 0.25) is 0 Å². The van der Waals surface area contributed by atoms with Gasteiger partial charge in [-0.3, -0.25) is 4.79 Å². The molecular weight excluding hydrogens is 416 g/mol. The molecule has 4 rings (SSSR count). The minimum absolute atomic E-state index is 0.127. The first-order chi connectivity index (χ1) is 16.0. The highest BCUT2D eigenvalue weighted by molar-refractivity contribution is 5.93. The smallest absolute Gasteiger partial charge is 0.322 e. The summed E-state index contributed by atoms with van der Waals surface area (Å²) in [6, 6.07) is 21.8. The van der Waals surface area contributed by atoms with Crippen molar-refractivity contribution in [1.29, 1.82) is 5.26 Å². The van der Waals surface area contributed by atoms with Crippen molar-refractivity contribution in [3.8, 4) is 29.2 Å². The third-order valence-electron chi connectivity index (χ3n) is 4.69. The summed E-state index contributed by atoms with van der Waals surface area (Å²) < 4.78 is 7.28. The normalized spacial score (nSPS) is 10.3. The summed E-state index contributed by atoms with van der Waals surface area (Å²) in [6.45, 7) is 6.14. The second kappa shape index (κ2) is 9.58. The molecule has 0 radical (unpaired) electrons. The van der Waals surface area contributed by atoms with Gasteiger partial charge in [0.05, 0.1) is 23.0 Å². The van der Waals surface area contributed by atoms with Gasteiger partial charge in [-0.2, -0.15) is 15.3 Å². The summed E-state index contributed by atoms with van der Waals surface area (Å²) in [6.07, 6.45) is 1.56. The van der Waals surface area contributed by atoms with E-state index in [0.29, 0.717) is 34.9 Å². The van der Waals surface area contributed by atoms with Crippen molar-refractivity contribution < 1.29 is 9.53 Å². The van der Waals surface area contributed by atoms with Crippen LogP contribution in [0, 0.1) is 11.3 Å². The largest absolute Gasteiger partial charge is 0.424 e. The Morgan fingerprint density at radius 1 is 1.15 bits per heavy atom. The van der Waals surface area contributed by atoms with E-state index in [0.717, 1.165) is 5.56 Å². The SMILES string of the molecule is C=C(C)n1nc(C(=O)NCc2ccccc2)cc1-c1ccnc(Oc2ccc(C#N)cc2)n1. The highest BCUT2D eigenvalue weighted by Gasteiger charge is 2.18. The standard InChI is InChI=1S/C25H20N6O2/c1-17(2)31-23(14-22(30-31)24(32)28-16-19-6-4-3-5-7-19)21-12-13-27-25(29-21)33-20-10-8-18(15-26)9-11-20/h3-14H,1,16H2,2H3,(H,28,32). The van der Waals surface area contributed by atoms with Gasteiger partial charge >= 0.3 is 6.01 Å². The first-order valence-corrected chi connectivity index (χ1v) is 10.1. The predicted octanol–water partition coefficient (Wildman–Crippen LogP) is 4.42. The number of nitrogens with zero attached hydrogens (tertiary/aromatic N) is 5. The number of hydrogen-bond donors (Lipinski definition) is 1. The average Bonchev–Trinajstić information content (AvgIpc) is 3.30. The molecule has 0 aliphatic carbocycles. The van der Waals surface area contributed by atoms with Gasteiger partial charge in [0.25, 0.3) is 5.91 Å². The Kier molecular flexibility index (Phi) is 6.23. The lowest BCUT2D eigenvalue weighted by atomic mass is 10.2. The van der Waals surface area contributed by atoms with Crippen LogP contribution in [-0.4, -0.2) is 25.7 Å². The first-order valence-electron chi connectivity index (χ1n) is 10.1. The number of amides is 1. The van der Waals surface area contributed by atoms with Crippen LogP contribution in [0.2, 0.25) is 0 Å². The van der Waals surface area contributed by atoms with E-state index in [-0.39, 0.29) is 17.6 Å². The van der Waals surface area contributed by atoms with Crippen LogP contribution in [0.3, 0.4) is 0 Å². The Balaban J connectivity index is 1.57. The number of nitriles is 1. The molecule has 1 amide bonds. The van der Waals surface area contributed by atoms with Crippen LogP contribution in [0.15, 0.2) is 79.5 Å². The van der Waals surface area contributed by atoms with Gasteiger partial charge in [-0.25, -0.2) is 9.67 Å². The first kappa shape index (κ1) is 21.5. The van der Waals surface area contributed by atoms with Crippen LogP contribution in [0.25, 0.3) is 17.1 Å². The molecule has 2 aromatic carbocycles. The van der Waals surface area contributed by atoms with Crippen LogP contribution >= 0.6 is 0 Å². The fraction of sp³-hybridized carbons (Fsp3) is 0.0800. The molecule has 2 heterocycles. The summed E-state index contributed by atoms with van der Waals surface area (Å²) in [4.78, 5) is 21.3. The Morgan fingerprint density at radius 2 is 1.91 bits per heavy atom. The van der Waals surface area contributed by atoms with Crippen LogP contribution in [0.4, 0.5) is 0 Å². The number of aromatic nitrogens is 4. The summed E-state index contributed by atoms with van der Waals surface area (Å²) in [5.74, 6) is 0.198. The quantitative estimate of drug-likeness (QED) is 0.460. The van der Waals surface area contributed by atoms with E-state index < -0.39 is 0 Å². The number of nitrogens with one attached hydrogen (secondary N) is 1. The van der Waals surface area contributed by atoms with E-state index in [4.69, 9.17) is 10.00 Å². The monoisotopic (exact) mass is 436 g/mol.